The van der Waals surface area contributed by atoms with Gasteiger partial charge in [-0.3, -0.25) is 9.59 Å². The Kier molecular flexibility index (Phi) is 7.79. The molecular weight excluding hydrogens is 403 g/mol. The van der Waals surface area contributed by atoms with Crippen LogP contribution in [-0.4, -0.2) is 39.9 Å². The fraction of sp³-hybridized carbons (Fsp3) is 0.444. The average molecular weight is 427 g/mol. The number of piperidine rings is 1. The van der Waals surface area contributed by atoms with Crippen LogP contribution >= 0.6 is 24.0 Å². The van der Waals surface area contributed by atoms with Crippen molar-refractivity contribution in [2.24, 2.45) is 5.73 Å². The van der Waals surface area contributed by atoms with E-state index in [0.29, 0.717) is 16.3 Å². The second-order valence-corrected chi connectivity index (χ2v) is 7.14. The van der Waals surface area contributed by atoms with Crippen molar-refractivity contribution >= 4 is 35.8 Å². The molecule has 152 valence electrons. The number of amides is 2. The topological polar surface area (TPSA) is 115 Å². The Morgan fingerprint density at radius 2 is 2.11 bits per heavy atom. The molecule has 8 nitrogen and oxygen atoms in total. The van der Waals surface area contributed by atoms with E-state index < -0.39 is 11.9 Å². The summed E-state index contributed by atoms with van der Waals surface area (Å²) in [6.07, 6.45) is 1.85. The Morgan fingerprint density at radius 1 is 1.39 bits per heavy atom. The number of carbonyl (C=O) groups excluding carboxylic acids is 2. The van der Waals surface area contributed by atoms with Gasteiger partial charge in [0, 0.05) is 5.02 Å². The van der Waals surface area contributed by atoms with Gasteiger partial charge < -0.3 is 16.4 Å². The van der Waals surface area contributed by atoms with Gasteiger partial charge in [-0.25, -0.2) is 4.68 Å². The van der Waals surface area contributed by atoms with Crippen molar-refractivity contribution in [2.45, 2.75) is 38.3 Å². The molecule has 2 aromatic rings. The molecule has 1 aliphatic rings. The van der Waals surface area contributed by atoms with Crippen molar-refractivity contribution in [3.8, 4) is 0 Å². The van der Waals surface area contributed by atoms with Gasteiger partial charge in [-0.15, -0.1) is 17.5 Å². The molecule has 10 heteroatoms. The lowest BCUT2D eigenvalue weighted by Crippen LogP contribution is -2.33. The predicted octanol–water partition coefficient (Wildman–Crippen LogP) is 1.93. The molecule has 28 heavy (non-hydrogen) atoms. The molecule has 1 aromatic carbocycles. The summed E-state index contributed by atoms with van der Waals surface area (Å²) in [5, 5.41) is 14.9. The number of aromatic nitrogens is 3. The highest BCUT2D eigenvalue weighted by Gasteiger charge is 2.25. The lowest BCUT2D eigenvalue weighted by atomic mass is 10.0. The van der Waals surface area contributed by atoms with Gasteiger partial charge in [-0.1, -0.05) is 28.9 Å². The Bertz CT molecular complexity index is 835. The molecule has 1 saturated heterocycles. The molecule has 4 N–H and O–H groups in total. The van der Waals surface area contributed by atoms with Crippen molar-refractivity contribution in [3.63, 3.8) is 0 Å². The van der Waals surface area contributed by atoms with Crippen LogP contribution in [0.4, 0.5) is 0 Å². The summed E-state index contributed by atoms with van der Waals surface area (Å²) < 4.78 is 1.82. The molecule has 0 radical (unpaired) electrons. The number of hydrogen-bond acceptors (Lipinski definition) is 5. The Morgan fingerprint density at radius 3 is 2.75 bits per heavy atom. The Hall–Kier alpha value is -2.16. The van der Waals surface area contributed by atoms with Gasteiger partial charge in [0.1, 0.15) is 0 Å². The minimum absolute atomic E-state index is 0. The first-order valence-electron chi connectivity index (χ1n) is 8.93. The lowest BCUT2D eigenvalue weighted by molar-refractivity contribution is -0.118. The first kappa shape index (κ1) is 22.1. The number of nitrogens with zero attached hydrogens (tertiary/aromatic N) is 3. The van der Waals surface area contributed by atoms with E-state index in [9.17, 15) is 9.59 Å². The minimum Gasteiger partial charge on any atom is -0.370 e. The standard InChI is InChI=1S/C18H23ClN6O2.ClH/c1-11-17(23-24-25(11)14-5-7-21-8-6-14)18(27)22-15(10-16(20)26)12-3-2-4-13(19)9-12;/h2-4,9,14-15,21H,5-8,10H2,1H3,(H2,20,26)(H,22,27);1H/t15-;/m1./s1. The van der Waals surface area contributed by atoms with Crippen molar-refractivity contribution in [1.29, 1.82) is 0 Å². The number of nitrogens with two attached hydrogens (primary N) is 1. The minimum atomic E-state index is -0.586. The third kappa shape index (κ3) is 5.21. The number of benzene rings is 1. The Labute approximate surface area is 174 Å². The van der Waals surface area contributed by atoms with E-state index in [1.807, 2.05) is 11.6 Å². The highest BCUT2D eigenvalue weighted by Crippen LogP contribution is 2.23. The quantitative estimate of drug-likeness (QED) is 0.652. The summed E-state index contributed by atoms with van der Waals surface area (Å²) in [6.45, 7) is 3.67. The molecule has 1 aromatic heterocycles. The Balaban J connectivity index is 0.00000280. The summed E-state index contributed by atoms with van der Waals surface area (Å²) >= 11 is 6.03. The molecule has 1 atom stereocenters. The van der Waals surface area contributed by atoms with E-state index in [1.54, 1.807) is 24.3 Å². The van der Waals surface area contributed by atoms with Crippen LogP contribution in [0.2, 0.25) is 5.02 Å². The molecule has 3 rings (SSSR count). The second-order valence-electron chi connectivity index (χ2n) is 6.70. The summed E-state index contributed by atoms with van der Waals surface area (Å²) in [7, 11) is 0. The van der Waals surface area contributed by atoms with Crippen LogP contribution in [0.3, 0.4) is 0 Å². The van der Waals surface area contributed by atoms with Gasteiger partial charge in [0.2, 0.25) is 5.91 Å². The monoisotopic (exact) mass is 426 g/mol. The molecule has 1 aliphatic heterocycles. The van der Waals surface area contributed by atoms with Crippen LogP contribution in [0.25, 0.3) is 0 Å². The van der Waals surface area contributed by atoms with Gasteiger partial charge in [-0.05, 0) is 50.6 Å². The van der Waals surface area contributed by atoms with Crippen LogP contribution in [0, 0.1) is 6.92 Å². The van der Waals surface area contributed by atoms with Crippen molar-refractivity contribution < 1.29 is 9.59 Å². The average Bonchev–Trinajstić information content (AvgIpc) is 3.03. The van der Waals surface area contributed by atoms with E-state index in [4.69, 9.17) is 17.3 Å². The molecule has 0 unspecified atom stereocenters. The van der Waals surface area contributed by atoms with Gasteiger partial charge in [0.15, 0.2) is 5.69 Å². The van der Waals surface area contributed by atoms with E-state index in [0.717, 1.165) is 25.9 Å². The zero-order chi connectivity index (χ0) is 19.4. The highest BCUT2D eigenvalue weighted by molar-refractivity contribution is 6.30. The molecule has 1 fully saturated rings. The van der Waals surface area contributed by atoms with E-state index in [1.165, 1.54) is 0 Å². The third-order valence-electron chi connectivity index (χ3n) is 4.76. The van der Waals surface area contributed by atoms with Crippen LogP contribution in [0.5, 0.6) is 0 Å². The van der Waals surface area contributed by atoms with Crippen molar-refractivity contribution in [3.05, 3.63) is 46.2 Å². The summed E-state index contributed by atoms with van der Waals surface area (Å²) in [4.78, 5) is 24.3. The number of rotatable bonds is 6. The van der Waals surface area contributed by atoms with Gasteiger partial charge in [-0.2, -0.15) is 0 Å². The highest BCUT2D eigenvalue weighted by atomic mass is 35.5. The molecule has 2 heterocycles. The van der Waals surface area contributed by atoms with E-state index >= 15 is 0 Å². The first-order chi connectivity index (χ1) is 13.0. The maximum Gasteiger partial charge on any atom is 0.274 e. The van der Waals surface area contributed by atoms with Crippen LogP contribution < -0.4 is 16.4 Å². The molecule has 0 saturated carbocycles. The molecule has 0 aliphatic carbocycles. The third-order valence-corrected chi connectivity index (χ3v) is 4.99. The number of nitrogens with one attached hydrogen (secondary N) is 2. The molecule has 0 bridgehead atoms. The molecule has 2 amide bonds. The van der Waals surface area contributed by atoms with Crippen molar-refractivity contribution in [2.75, 3.05) is 13.1 Å². The molecule has 0 spiro atoms. The fourth-order valence-corrected chi connectivity index (χ4v) is 3.55. The smallest absolute Gasteiger partial charge is 0.274 e. The number of primary amides is 1. The second kappa shape index (κ2) is 9.86. The SMILES string of the molecule is Cc1c(C(=O)N[C@H](CC(N)=O)c2cccc(Cl)c2)nnn1C1CCNCC1.Cl. The van der Waals surface area contributed by atoms with Crippen LogP contribution in [0.1, 0.15) is 53.1 Å². The first-order valence-corrected chi connectivity index (χ1v) is 9.30. The zero-order valence-corrected chi connectivity index (χ0v) is 17.1. The van der Waals surface area contributed by atoms with E-state index in [-0.39, 0.29) is 36.5 Å². The number of halogens is 2. The van der Waals surface area contributed by atoms with Gasteiger partial charge in [0.05, 0.1) is 24.2 Å². The van der Waals surface area contributed by atoms with Crippen LogP contribution in [0.15, 0.2) is 24.3 Å². The number of carbonyl (C=O) groups is 2. The lowest BCUT2D eigenvalue weighted by Gasteiger charge is -2.23. The van der Waals surface area contributed by atoms with Crippen LogP contribution in [-0.2, 0) is 4.79 Å². The number of hydrogen-bond donors (Lipinski definition) is 3. The maximum absolute atomic E-state index is 12.8. The maximum atomic E-state index is 12.8. The zero-order valence-electron chi connectivity index (χ0n) is 15.5. The largest absolute Gasteiger partial charge is 0.370 e. The van der Waals surface area contributed by atoms with E-state index in [2.05, 4.69) is 20.9 Å². The predicted molar refractivity (Wildman–Crippen MR) is 109 cm³/mol. The normalized spacial score (nSPS) is 15.5. The summed E-state index contributed by atoms with van der Waals surface area (Å²) in [5.41, 5.74) is 7.03. The molecular formula is C18H24Cl2N6O2. The van der Waals surface area contributed by atoms with Gasteiger partial charge >= 0.3 is 0 Å². The summed E-state index contributed by atoms with van der Waals surface area (Å²) in [6, 6.07) is 6.62. The fourth-order valence-electron chi connectivity index (χ4n) is 3.35. The van der Waals surface area contributed by atoms with Crippen molar-refractivity contribution in [1.82, 2.24) is 25.6 Å². The van der Waals surface area contributed by atoms with Gasteiger partial charge in [0.25, 0.3) is 5.91 Å². The summed E-state index contributed by atoms with van der Waals surface area (Å²) in [5.74, 6) is -0.908.